The molecular formula is C14H23N3O. The maximum atomic E-state index is 5.98. The lowest BCUT2D eigenvalue weighted by Crippen LogP contribution is -2.45. The van der Waals surface area contributed by atoms with Crippen LogP contribution in [0.25, 0.3) is 0 Å². The van der Waals surface area contributed by atoms with E-state index in [2.05, 4.69) is 29.8 Å². The summed E-state index contributed by atoms with van der Waals surface area (Å²) in [4.78, 5) is 6.87. The van der Waals surface area contributed by atoms with E-state index in [1.54, 1.807) is 0 Å². The average Bonchev–Trinajstić information content (AvgIpc) is 2.46. The minimum absolute atomic E-state index is 0.0470. The summed E-state index contributed by atoms with van der Waals surface area (Å²) in [5.74, 6) is 0. The summed E-state index contributed by atoms with van der Waals surface area (Å²) in [5, 5.41) is 0. The Kier molecular flexibility index (Phi) is 4.55. The Morgan fingerprint density at radius 3 is 2.94 bits per heavy atom. The van der Waals surface area contributed by atoms with E-state index < -0.39 is 0 Å². The van der Waals surface area contributed by atoms with Gasteiger partial charge in [0.15, 0.2) is 0 Å². The predicted molar refractivity (Wildman–Crippen MR) is 73.7 cm³/mol. The summed E-state index contributed by atoms with van der Waals surface area (Å²) < 4.78 is 5.52. The Labute approximate surface area is 109 Å². The van der Waals surface area contributed by atoms with Crippen molar-refractivity contribution in [3.63, 3.8) is 0 Å². The molecule has 2 rings (SSSR count). The molecule has 1 aliphatic rings. The van der Waals surface area contributed by atoms with Gasteiger partial charge in [-0.1, -0.05) is 13.8 Å². The molecule has 1 aromatic rings. The van der Waals surface area contributed by atoms with Crippen LogP contribution in [0.3, 0.4) is 0 Å². The van der Waals surface area contributed by atoms with Crippen LogP contribution in [0.15, 0.2) is 18.3 Å². The number of rotatable bonds is 4. The molecule has 0 radical (unpaired) electrons. The van der Waals surface area contributed by atoms with E-state index in [-0.39, 0.29) is 6.04 Å². The van der Waals surface area contributed by atoms with E-state index in [1.165, 1.54) is 5.69 Å². The van der Waals surface area contributed by atoms with Gasteiger partial charge in [0.2, 0.25) is 0 Å². The smallest absolute Gasteiger partial charge is 0.0670 e. The van der Waals surface area contributed by atoms with Crippen LogP contribution in [0.4, 0.5) is 5.69 Å². The second kappa shape index (κ2) is 6.16. The molecule has 0 aliphatic carbocycles. The third-order valence-electron chi connectivity index (χ3n) is 3.62. The number of nitrogens with two attached hydrogens (primary N) is 1. The van der Waals surface area contributed by atoms with Crippen molar-refractivity contribution in [2.24, 2.45) is 5.73 Å². The van der Waals surface area contributed by atoms with Crippen molar-refractivity contribution in [3.05, 3.63) is 24.0 Å². The number of aromatic nitrogens is 1. The van der Waals surface area contributed by atoms with Gasteiger partial charge in [-0.15, -0.1) is 0 Å². The minimum Gasteiger partial charge on any atom is -0.377 e. The Balaban J connectivity index is 2.12. The van der Waals surface area contributed by atoms with Crippen LogP contribution in [0.2, 0.25) is 0 Å². The summed E-state index contributed by atoms with van der Waals surface area (Å²) in [6, 6.07) is 4.69. The first kappa shape index (κ1) is 13.3. The van der Waals surface area contributed by atoms with E-state index >= 15 is 0 Å². The summed E-state index contributed by atoms with van der Waals surface area (Å²) in [7, 11) is 0. The van der Waals surface area contributed by atoms with Gasteiger partial charge >= 0.3 is 0 Å². The SMILES string of the molecule is CCC1COCCN1c1ccc([C@@H](N)CC)nc1. The summed E-state index contributed by atoms with van der Waals surface area (Å²) in [5.41, 5.74) is 8.13. The van der Waals surface area contributed by atoms with Crippen molar-refractivity contribution in [3.8, 4) is 0 Å². The molecule has 0 bridgehead atoms. The summed E-state index contributed by atoms with van der Waals surface area (Å²) in [6.45, 7) is 6.83. The average molecular weight is 249 g/mol. The fourth-order valence-electron chi connectivity index (χ4n) is 2.33. The number of ether oxygens (including phenoxy) is 1. The highest BCUT2D eigenvalue weighted by Crippen LogP contribution is 2.22. The molecule has 1 unspecified atom stereocenters. The predicted octanol–water partition coefficient (Wildman–Crippen LogP) is 2.11. The van der Waals surface area contributed by atoms with E-state index in [1.807, 2.05) is 12.3 Å². The topological polar surface area (TPSA) is 51.4 Å². The van der Waals surface area contributed by atoms with E-state index in [0.717, 1.165) is 38.3 Å². The third kappa shape index (κ3) is 2.82. The molecule has 1 aromatic heterocycles. The van der Waals surface area contributed by atoms with E-state index in [4.69, 9.17) is 10.5 Å². The molecule has 2 heterocycles. The van der Waals surface area contributed by atoms with Crippen LogP contribution in [-0.4, -0.2) is 30.8 Å². The number of pyridine rings is 1. The largest absolute Gasteiger partial charge is 0.377 e. The fourth-order valence-corrected chi connectivity index (χ4v) is 2.33. The summed E-state index contributed by atoms with van der Waals surface area (Å²) in [6.07, 6.45) is 3.95. The lowest BCUT2D eigenvalue weighted by molar-refractivity contribution is 0.0929. The van der Waals surface area contributed by atoms with Gasteiger partial charge in [-0.05, 0) is 25.0 Å². The van der Waals surface area contributed by atoms with Gasteiger partial charge in [0.05, 0.1) is 36.8 Å². The van der Waals surface area contributed by atoms with E-state index in [9.17, 15) is 0 Å². The number of nitrogens with zero attached hydrogens (tertiary/aromatic N) is 2. The molecule has 2 atom stereocenters. The van der Waals surface area contributed by atoms with Crippen molar-refractivity contribution < 1.29 is 4.74 Å². The molecule has 0 amide bonds. The van der Waals surface area contributed by atoms with Crippen LogP contribution in [-0.2, 0) is 4.74 Å². The molecular weight excluding hydrogens is 226 g/mol. The van der Waals surface area contributed by atoms with Crippen LogP contribution in [0.1, 0.15) is 38.4 Å². The number of hydrogen-bond acceptors (Lipinski definition) is 4. The van der Waals surface area contributed by atoms with Crippen LogP contribution >= 0.6 is 0 Å². The lowest BCUT2D eigenvalue weighted by Gasteiger charge is -2.36. The van der Waals surface area contributed by atoms with Gasteiger partial charge in [0, 0.05) is 12.6 Å². The summed E-state index contributed by atoms with van der Waals surface area (Å²) >= 11 is 0. The first-order valence-corrected chi connectivity index (χ1v) is 6.82. The Hall–Kier alpha value is -1.13. The normalized spacial score (nSPS) is 21.9. The zero-order valence-corrected chi connectivity index (χ0v) is 11.3. The van der Waals surface area contributed by atoms with Gasteiger partial charge in [-0.2, -0.15) is 0 Å². The number of morpholine rings is 1. The molecule has 100 valence electrons. The maximum Gasteiger partial charge on any atom is 0.0670 e. The second-order valence-electron chi connectivity index (χ2n) is 4.79. The van der Waals surface area contributed by atoms with Gasteiger partial charge in [0.25, 0.3) is 0 Å². The van der Waals surface area contributed by atoms with Gasteiger partial charge in [-0.25, -0.2) is 0 Å². The van der Waals surface area contributed by atoms with Crippen molar-refractivity contribution >= 4 is 5.69 Å². The molecule has 0 spiro atoms. The quantitative estimate of drug-likeness (QED) is 0.888. The monoisotopic (exact) mass is 249 g/mol. The molecule has 0 aromatic carbocycles. The van der Waals surface area contributed by atoms with Crippen LogP contribution < -0.4 is 10.6 Å². The highest BCUT2D eigenvalue weighted by atomic mass is 16.5. The fraction of sp³-hybridized carbons (Fsp3) is 0.643. The molecule has 18 heavy (non-hydrogen) atoms. The molecule has 0 saturated carbocycles. The van der Waals surface area contributed by atoms with E-state index in [0.29, 0.717) is 6.04 Å². The van der Waals surface area contributed by atoms with Crippen molar-refractivity contribution in [1.29, 1.82) is 0 Å². The second-order valence-corrected chi connectivity index (χ2v) is 4.79. The van der Waals surface area contributed by atoms with Gasteiger partial charge in [0.1, 0.15) is 0 Å². The zero-order valence-electron chi connectivity index (χ0n) is 11.3. The van der Waals surface area contributed by atoms with Gasteiger partial charge < -0.3 is 15.4 Å². The Bertz CT molecular complexity index is 366. The van der Waals surface area contributed by atoms with Gasteiger partial charge in [-0.3, -0.25) is 4.98 Å². The standard InChI is InChI=1S/C14H23N3O/c1-3-11-10-18-8-7-17(11)12-5-6-14(16-9-12)13(15)4-2/h5-6,9,11,13H,3-4,7-8,10,15H2,1-2H3/t11?,13-/m0/s1. The Morgan fingerprint density at radius 1 is 1.50 bits per heavy atom. The molecule has 2 N–H and O–H groups in total. The van der Waals surface area contributed by atoms with Crippen molar-refractivity contribution in [2.75, 3.05) is 24.7 Å². The third-order valence-corrected chi connectivity index (χ3v) is 3.62. The van der Waals surface area contributed by atoms with Crippen LogP contribution in [0, 0.1) is 0 Å². The zero-order chi connectivity index (χ0) is 13.0. The molecule has 4 nitrogen and oxygen atoms in total. The lowest BCUT2D eigenvalue weighted by atomic mass is 10.1. The maximum absolute atomic E-state index is 5.98. The Morgan fingerprint density at radius 2 is 2.33 bits per heavy atom. The molecule has 1 fully saturated rings. The highest BCUT2D eigenvalue weighted by molar-refractivity contribution is 5.46. The minimum atomic E-state index is 0.0470. The first-order chi connectivity index (χ1) is 8.76. The molecule has 1 aliphatic heterocycles. The number of anilines is 1. The highest BCUT2D eigenvalue weighted by Gasteiger charge is 2.21. The molecule has 4 heteroatoms. The number of hydrogen-bond donors (Lipinski definition) is 1. The van der Waals surface area contributed by atoms with Crippen molar-refractivity contribution in [1.82, 2.24) is 4.98 Å². The first-order valence-electron chi connectivity index (χ1n) is 6.82. The molecule has 1 saturated heterocycles. The van der Waals surface area contributed by atoms with Crippen LogP contribution in [0.5, 0.6) is 0 Å². The van der Waals surface area contributed by atoms with Crippen molar-refractivity contribution in [2.45, 2.75) is 38.8 Å².